The molecule has 0 saturated carbocycles. The molecule has 0 aliphatic rings. The fourth-order valence-corrected chi connectivity index (χ4v) is 1.88. The van der Waals surface area contributed by atoms with Crippen molar-refractivity contribution in [1.29, 1.82) is 0 Å². The number of nitrogen functional groups attached to an aromatic ring is 1. The van der Waals surface area contributed by atoms with Crippen molar-refractivity contribution in [3.8, 4) is 6.01 Å². The zero-order valence-electron chi connectivity index (χ0n) is 9.99. The van der Waals surface area contributed by atoms with Gasteiger partial charge >= 0.3 is 6.01 Å². The van der Waals surface area contributed by atoms with Crippen LogP contribution in [0.4, 0.5) is 5.95 Å². The van der Waals surface area contributed by atoms with E-state index in [9.17, 15) is 0 Å². The van der Waals surface area contributed by atoms with Gasteiger partial charge in [0.2, 0.25) is 11.1 Å². The van der Waals surface area contributed by atoms with Crippen LogP contribution in [0, 0.1) is 6.92 Å². The summed E-state index contributed by atoms with van der Waals surface area (Å²) in [5.41, 5.74) is 6.45. The van der Waals surface area contributed by atoms with Crippen molar-refractivity contribution in [3.05, 3.63) is 18.0 Å². The lowest BCUT2D eigenvalue weighted by Gasteiger charge is -2.04. The lowest BCUT2D eigenvalue weighted by Crippen LogP contribution is -2.04. The second kappa shape index (κ2) is 5.58. The molecule has 0 radical (unpaired) electrons. The van der Waals surface area contributed by atoms with Crippen molar-refractivity contribution in [2.75, 3.05) is 12.3 Å². The van der Waals surface area contributed by atoms with Gasteiger partial charge in [-0.3, -0.25) is 0 Å². The molecule has 2 N–H and O–H groups in total. The average molecular weight is 264 g/mol. The summed E-state index contributed by atoms with van der Waals surface area (Å²) in [4.78, 5) is 20.3. The van der Waals surface area contributed by atoms with Gasteiger partial charge in [0, 0.05) is 11.9 Å². The number of aromatic nitrogens is 5. The van der Waals surface area contributed by atoms with Crippen LogP contribution in [-0.2, 0) is 0 Å². The van der Waals surface area contributed by atoms with E-state index in [1.54, 1.807) is 6.20 Å². The molecule has 0 aliphatic carbocycles. The fourth-order valence-electron chi connectivity index (χ4n) is 1.15. The topological polar surface area (TPSA) is 99.7 Å². The van der Waals surface area contributed by atoms with Crippen LogP contribution in [0.3, 0.4) is 0 Å². The first-order valence-electron chi connectivity index (χ1n) is 5.29. The highest BCUT2D eigenvalue weighted by Crippen LogP contribution is 2.22. The van der Waals surface area contributed by atoms with Crippen molar-refractivity contribution in [2.45, 2.75) is 24.2 Å². The van der Waals surface area contributed by atoms with Gasteiger partial charge in [0.05, 0.1) is 6.61 Å². The molecule has 94 valence electrons. The minimum absolute atomic E-state index is 0.114. The third-order valence-corrected chi connectivity index (χ3v) is 2.58. The summed E-state index contributed by atoms with van der Waals surface area (Å²) in [6, 6.07) is 2.03. The first-order chi connectivity index (χ1) is 8.67. The molecule has 0 atom stereocenters. The molecule has 18 heavy (non-hydrogen) atoms. The Morgan fingerprint density at radius 2 is 2.06 bits per heavy atom. The molecule has 2 aromatic heterocycles. The molecule has 0 fully saturated rings. The first kappa shape index (κ1) is 12.5. The number of anilines is 1. The van der Waals surface area contributed by atoms with Gasteiger partial charge < -0.3 is 10.5 Å². The molecular formula is C10H12N6OS. The molecule has 0 saturated heterocycles. The molecule has 8 heteroatoms. The lowest BCUT2D eigenvalue weighted by molar-refractivity contribution is 0.308. The maximum atomic E-state index is 5.58. The van der Waals surface area contributed by atoms with E-state index in [0.29, 0.717) is 16.9 Å². The van der Waals surface area contributed by atoms with Crippen LogP contribution in [0.15, 0.2) is 22.6 Å². The Hall–Kier alpha value is -1.96. The SMILES string of the molecule is CCOc1nc(N)nc(Sc2nccc(C)n2)n1. The summed E-state index contributed by atoms with van der Waals surface area (Å²) in [5, 5.41) is 0.972. The number of ether oxygens (including phenoxy) is 1. The van der Waals surface area contributed by atoms with Gasteiger partial charge in [-0.2, -0.15) is 15.0 Å². The Labute approximate surface area is 108 Å². The van der Waals surface area contributed by atoms with E-state index in [1.807, 2.05) is 19.9 Å². The maximum Gasteiger partial charge on any atom is 0.322 e. The maximum absolute atomic E-state index is 5.58. The molecule has 2 rings (SSSR count). The van der Waals surface area contributed by atoms with E-state index in [0.717, 1.165) is 5.69 Å². The lowest BCUT2D eigenvalue weighted by atomic mass is 10.5. The number of nitrogens with zero attached hydrogens (tertiary/aromatic N) is 5. The highest BCUT2D eigenvalue weighted by molar-refractivity contribution is 7.99. The van der Waals surface area contributed by atoms with E-state index in [4.69, 9.17) is 10.5 Å². The van der Waals surface area contributed by atoms with Gasteiger partial charge in [-0.1, -0.05) is 0 Å². The zero-order chi connectivity index (χ0) is 13.0. The number of nitrogens with two attached hydrogens (primary N) is 1. The Morgan fingerprint density at radius 1 is 1.22 bits per heavy atom. The predicted molar refractivity (Wildman–Crippen MR) is 66.3 cm³/mol. The van der Waals surface area contributed by atoms with Gasteiger partial charge in [-0.05, 0) is 31.7 Å². The molecule has 2 aromatic rings. The summed E-state index contributed by atoms with van der Waals surface area (Å²) >= 11 is 1.21. The Bertz CT molecular complexity index is 550. The minimum atomic E-state index is 0.114. The molecule has 7 nitrogen and oxygen atoms in total. The summed E-state index contributed by atoms with van der Waals surface area (Å²) in [6.45, 7) is 4.20. The largest absolute Gasteiger partial charge is 0.464 e. The van der Waals surface area contributed by atoms with Crippen molar-refractivity contribution >= 4 is 17.7 Å². The Balaban J connectivity index is 2.23. The third-order valence-electron chi connectivity index (χ3n) is 1.84. The molecule has 0 aromatic carbocycles. The molecule has 2 heterocycles. The van der Waals surface area contributed by atoms with Gasteiger partial charge in [-0.15, -0.1) is 0 Å². The number of aryl methyl sites for hydroxylation is 1. The molecule has 0 aliphatic heterocycles. The second-order valence-corrected chi connectivity index (χ2v) is 4.21. The van der Waals surface area contributed by atoms with Crippen LogP contribution in [0.5, 0.6) is 6.01 Å². The van der Waals surface area contributed by atoms with Crippen LogP contribution >= 0.6 is 11.8 Å². The number of hydrogen-bond donors (Lipinski definition) is 1. The van der Waals surface area contributed by atoms with E-state index >= 15 is 0 Å². The molecule has 0 unspecified atom stereocenters. The van der Waals surface area contributed by atoms with Crippen LogP contribution < -0.4 is 10.5 Å². The van der Waals surface area contributed by atoms with Crippen molar-refractivity contribution < 1.29 is 4.74 Å². The van der Waals surface area contributed by atoms with Crippen LogP contribution in [0.25, 0.3) is 0 Å². The summed E-state index contributed by atoms with van der Waals surface area (Å²) < 4.78 is 5.19. The number of hydrogen-bond acceptors (Lipinski definition) is 8. The summed E-state index contributed by atoms with van der Waals surface area (Å²) in [6.07, 6.45) is 1.68. The molecule has 0 spiro atoms. The second-order valence-electron chi connectivity index (χ2n) is 3.27. The minimum Gasteiger partial charge on any atom is -0.464 e. The van der Waals surface area contributed by atoms with Crippen LogP contribution in [-0.4, -0.2) is 31.5 Å². The normalized spacial score (nSPS) is 10.3. The van der Waals surface area contributed by atoms with Gasteiger partial charge in [-0.25, -0.2) is 9.97 Å². The third kappa shape index (κ3) is 3.27. The monoisotopic (exact) mass is 264 g/mol. The van der Waals surface area contributed by atoms with E-state index < -0.39 is 0 Å². The van der Waals surface area contributed by atoms with Crippen molar-refractivity contribution in [1.82, 2.24) is 24.9 Å². The fraction of sp³-hybridized carbons (Fsp3) is 0.300. The average Bonchev–Trinajstić information content (AvgIpc) is 2.28. The Morgan fingerprint density at radius 3 is 2.78 bits per heavy atom. The first-order valence-corrected chi connectivity index (χ1v) is 6.11. The molecule has 0 bridgehead atoms. The van der Waals surface area contributed by atoms with Gasteiger partial charge in [0.25, 0.3) is 0 Å². The van der Waals surface area contributed by atoms with Crippen molar-refractivity contribution in [2.24, 2.45) is 0 Å². The Kier molecular flexibility index (Phi) is 3.88. The summed E-state index contributed by atoms with van der Waals surface area (Å²) in [7, 11) is 0. The van der Waals surface area contributed by atoms with E-state index in [-0.39, 0.29) is 12.0 Å². The van der Waals surface area contributed by atoms with Crippen LogP contribution in [0.2, 0.25) is 0 Å². The van der Waals surface area contributed by atoms with Gasteiger partial charge in [0.15, 0.2) is 5.16 Å². The molecular weight excluding hydrogens is 252 g/mol. The quantitative estimate of drug-likeness (QED) is 0.819. The smallest absolute Gasteiger partial charge is 0.322 e. The van der Waals surface area contributed by atoms with Crippen LogP contribution in [0.1, 0.15) is 12.6 Å². The van der Waals surface area contributed by atoms with E-state index in [1.165, 1.54) is 11.8 Å². The van der Waals surface area contributed by atoms with Gasteiger partial charge in [0.1, 0.15) is 0 Å². The number of rotatable bonds is 4. The zero-order valence-corrected chi connectivity index (χ0v) is 10.8. The highest BCUT2D eigenvalue weighted by atomic mass is 32.2. The standard InChI is InChI=1S/C10H12N6OS/c1-3-17-8-14-7(11)15-10(16-8)18-9-12-5-4-6(2)13-9/h4-5H,3H2,1-2H3,(H2,11,14,15,16). The summed E-state index contributed by atoms with van der Waals surface area (Å²) in [5.74, 6) is 0.114. The van der Waals surface area contributed by atoms with E-state index in [2.05, 4.69) is 24.9 Å². The molecule has 0 amide bonds. The predicted octanol–water partition coefficient (Wildman–Crippen LogP) is 1.10. The highest BCUT2D eigenvalue weighted by Gasteiger charge is 2.08. The van der Waals surface area contributed by atoms with Crippen molar-refractivity contribution in [3.63, 3.8) is 0 Å².